The number of nitrogens with one attached hydrogen (secondary N) is 1. The summed E-state index contributed by atoms with van der Waals surface area (Å²) in [6, 6.07) is 11.5. The smallest absolute Gasteiger partial charge is 0.230 e. The van der Waals surface area contributed by atoms with Crippen LogP contribution in [-0.2, 0) is 0 Å². The Morgan fingerprint density at radius 3 is 2.72 bits per heavy atom. The van der Waals surface area contributed by atoms with Crippen molar-refractivity contribution in [2.24, 2.45) is 0 Å². The van der Waals surface area contributed by atoms with Gasteiger partial charge in [-0.05, 0) is 60.9 Å². The number of aromatic nitrogens is 4. The minimum absolute atomic E-state index is 0.436. The van der Waals surface area contributed by atoms with Crippen LogP contribution in [-0.4, -0.2) is 19.4 Å². The molecule has 0 aliphatic rings. The van der Waals surface area contributed by atoms with E-state index in [4.69, 9.17) is 10.00 Å². The molecule has 1 N–H and O–H groups in total. The summed E-state index contributed by atoms with van der Waals surface area (Å²) in [5.74, 6) is 1.62. The molecule has 0 aliphatic heterocycles. The molecule has 0 radical (unpaired) electrons. The maximum absolute atomic E-state index is 8.70. The highest BCUT2D eigenvalue weighted by Gasteiger charge is 2.09. The summed E-state index contributed by atoms with van der Waals surface area (Å²) >= 11 is 0. The Morgan fingerprint density at radius 2 is 1.93 bits per heavy atom. The van der Waals surface area contributed by atoms with Crippen molar-refractivity contribution < 1.29 is 4.74 Å². The highest BCUT2D eigenvalue weighted by Crippen LogP contribution is 2.30. The van der Waals surface area contributed by atoms with Gasteiger partial charge in [0.25, 0.3) is 0 Å². The summed E-state index contributed by atoms with van der Waals surface area (Å²) in [6.45, 7) is 3.93. The first kappa shape index (κ1) is 18.2. The second kappa shape index (κ2) is 7.82. The first-order valence-corrected chi connectivity index (χ1v) is 9.00. The van der Waals surface area contributed by atoms with E-state index in [-0.39, 0.29) is 0 Å². The van der Waals surface area contributed by atoms with Gasteiger partial charge in [0.05, 0.1) is 11.8 Å². The number of nitrogens with zero attached hydrogens (tertiary/aromatic N) is 5. The maximum Gasteiger partial charge on any atom is 0.230 e. The second-order valence-electron chi connectivity index (χ2n) is 6.50. The van der Waals surface area contributed by atoms with Crippen molar-refractivity contribution in [2.75, 3.05) is 5.32 Å². The monoisotopic (exact) mass is 382 g/mol. The number of fused-ring (bicyclic) bond motifs is 1. The van der Waals surface area contributed by atoms with Crippen LogP contribution in [0.2, 0.25) is 0 Å². The summed E-state index contributed by atoms with van der Waals surface area (Å²) in [7, 11) is 0. The Kier molecular flexibility index (Phi) is 4.91. The Balaban J connectivity index is 1.56. The maximum atomic E-state index is 8.70. The predicted octanol–water partition coefficient (Wildman–Crippen LogP) is 4.81. The zero-order valence-electron chi connectivity index (χ0n) is 16.0. The third-order valence-electron chi connectivity index (χ3n) is 4.31. The van der Waals surface area contributed by atoms with Crippen molar-refractivity contribution in [3.63, 3.8) is 0 Å². The van der Waals surface area contributed by atoms with Crippen molar-refractivity contribution in [1.82, 2.24) is 19.4 Å². The van der Waals surface area contributed by atoms with Crippen LogP contribution in [0.15, 0.2) is 61.2 Å². The van der Waals surface area contributed by atoms with E-state index in [0.717, 1.165) is 33.8 Å². The van der Waals surface area contributed by atoms with Crippen LogP contribution in [0, 0.1) is 25.2 Å². The van der Waals surface area contributed by atoms with E-state index in [9.17, 15) is 0 Å². The Bertz CT molecular complexity index is 1230. The van der Waals surface area contributed by atoms with Gasteiger partial charge in [0.1, 0.15) is 11.4 Å². The average molecular weight is 382 g/mol. The lowest BCUT2D eigenvalue weighted by molar-refractivity contribution is 0.455. The van der Waals surface area contributed by atoms with E-state index >= 15 is 0 Å². The molecule has 0 bridgehead atoms. The third-order valence-corrected chi connectivity index (χ3v) is 4.31. The van der Waals surface area contributed by atoms with Gasteiger partial charge in [0, 0.05) is 36.9 Å². The summed E-state index contributed by atoms with van der Waals surface area (Å²) in [5.41, 5.74) is 4.58. The topological polar surface area (TPSA) is 88.1 Å². The third kappa shape index (κ3) is 4.06. The van der Waals surface area contributed by atoms with Gasteiger partial charge in [-0.25, -0.2) is 9.97 Å². The SMILES string of the molecule is Cc1cc(/C=C/C#N)cc(C)c1Oc1ccnc(Nc2ccc3nccn3c2)n1. The molecule has 142 valence electrons. The number of hydrogen-bond donors (Lipinski definition) is 1. The molecule has 0 aliphatic carbocycles. The lowest BCUT2D eigenvalue weighted by Gasteiger charge is -2.13. The number of nitriles is 1. The van der Waals surface area contributed by atoms with Crippen molar-refractivity contribution >= 4 is 23.4 Å². The fraction of sp³-hybridized carbons (Fsp3) is 0.0909. The lowest BCUT2D eigenvalue weighted by Crippen LogP contribution is -2.00. The van der Waals surface area contributed by atoms with Gasteiger partial charge in [0.15, 0.2) is 0 Å². The fourth-order valence-electron chi connectivity index (χ4n) is 3.06. The minimum Gasteiger partial charge on any atom is -0.438 e. The van der Waals surface area contributed by atoms with Gasteiger partial charge in [-0.15, -0.1) is 0 Å². The summed E-state index contributed by atoms with van der Waals surface area (Å²) in [5, 5.41) is 11.9. The summed E-state index contributed by atoms with van der Waals surface area (Å²) < 4.78 is 7.95. The molecule has 29 heavy (non-hydrogen) atoms. The van der Waals surface area contributed by atoms with E-state index in [0.29, 0.717) is 11.8 Å². The Hall–Kier alpha value is -4.18. The number of pyridine rings is 1. The average Bonchev–Trinajstić information content (AvgIpc) is 3.17. The van der Waals surface area contributed by atoms with Gasteiger partial charge in [-0.2, -0.15) is 10.2 Å². The molecular weight excluding hydrogens is 364 g/mol. The van der Waals surface area contributed by atoms with E-state index in [1.807, 2.05) is 61.0 Å². The molecule has 0 fully saturated rings. The van der Waals surface area contributed by atoms with Crippen molar-refractivity contribution in [2.45, 2.75) is 13.8 Å². The van der Waals surface area contributed by atoms with Crippen LogP contribution in [0.1, 0.15) is 16.7 Å². The normalized spacial score (nSPS) is 10.9. The summed E-state index contributed by atoms with van der Waals surface area (Å²) in [4.78, 5) is 13.0. The quantitative estimate of drug-likeness (QED) is 0.498. The Morgan fingerprint density at radius 1 is 1.10 bits per heavy atom. The lowest BCUT2D eigenvalue weighted by atomic mass is 10.1. The highest BCUT2D eigenvalue weighted by molar-refractivity contribution is 5.59. The largest absolute Gasteiger partial charge is 0.438 e. The first-order chi connectivity index (χ1) is 14.1. The molecule has 7 heteroatoms. The molecule has 0 saturated carbocycles. The molecule has 3 aromatic heterocycles. The van der Waals surface area contributed by atoms with Crippen LogP contribution in [0.5, 0.6) is 11.6 Å². The van der Waals surface area contributed by atoms with E-state index in [2.05, 4.69) is 20.3 Å². The number of ether oxygens (including phenoxy) is 1. The van der Waals surface area contributed by atoms with Gasteiger partial charge in [-0.1, -0.05) is 0 Å². The minimum atomic E-state index is 0.436. The molecule has 1 aromatic carbocycles. The molecule has 0 unspecified atom stereocenters. The molecule has 0 spiro atoms. The Labute approximate surface area is 168 Å². The number of aryl methyl sites for hydroxylation is 2. The van der Waals surface area contributed by atoms with Gasteiger partial charge in [-0.3, -0.25) is 0 Å². The van der Waals surface area contributed by atoms with Gasteiger partial charge in [0.2, 0.25) is 11.8 Å². The zero-order chi connectivity index (χ0) is 20.2. The first-order valence-electron chi connectivity index (χ1n) is 9.00. The van der Waals surface area contributed by atoms with Crippen LogP contribution in [0.4, 0.5) is 11.6 Å². The summed E-state index contributed by atoms with van der Waals surface area (Å²) in [6.07, 6.45) is 10.4. The van der Waals surface area contributed by atoms with Crippen LogP contribution < -0.4 is 10.1 Å². The van der Waals surface area contributed by atoms with Gasteiger partial charge < -0.3 is 14.5 Å². The molecule has 0 saturated heterocycles. The highest BCUT2D eigenvalue weighted by atomic mass is 16.5. The van der Waals surface area contributed by atoms with Gasteiger partial charge >= 0.3 is 0 Å². The van der Waals surface area contributed by atoms with Crippen LogP contribution >= 0.6 is 0 Å². The molecule has 7 nitrogen and oxygen atoms in total. The fourth-order valence-corrected chi connectivity index (χ4v) is 3.06. The molecule has 0 atom stereocenters. The van der Waals surface area contributed by atoms with E-state index < -0.39 is 0 Å². The number of imidazole rings is 1. The molecule has 4 rings (SSSR count). The van der Waals surface area contributed by atoms with Crippen molar-refractivity contribution in [3.05, 3.63) is 77.9 Å². The molecule has 3 heterocycles. The number of hydrogen-bond acceptors (Lipinski definition) is 6. The van der Waals surface area contributed by atoms with Crippen LogP contribution in [0.25, 0.3) is 11.7 Å². The second-order valence-corrected chi connectivity index (χ2v) is 6.50. The zero-order valence-corrected chi connectivity index (χ0v) is 16.0. The number of anilines is 2. The van der Waals surface area contributed by atoms with E-state index in [1.54, 1.807) is 24.5 Å². The molecular formula is C22H18N6O. The molecule has 0 amide bonds. The standard InChI is InChI=1S/C22H18N6O/c1-15-12-17(4-3-8-23)13-16(2)21(15)29-20-7-9-25-22(27-20)26-18-5-6-19-24-10-11-28(19)14-18/h3-7,9-14H,1-2H3,(H,25,26,27)/b4-3+. The van der Waals surface area contributed by atoms with E-state index in [1.165, 1.54) is 6.08 Å². The number of rotatable bonds is 5. The predicted molar refractivity (Wildman–Crippen MR) is 111 cm³/mol. The van der Waals surface area contributed by atoms with Crippen molar-refractivity contribution in [3.8, 4) is 17.7 Å². The van der Waals surface area contributed by atoms with Crippen molar-refractivity contribution in [1.29, 1.82) is 5.26 Å². The number of allylic oxidation sites excluding steroid dienone is 1. The van der Waals surface area contributed by atoms with Crippen LogP contribution in [0.3, 0.4) is 0 Å². The number of benzene rings is 1. The molecule has 4 aromatic rings.